The number of nitro groups is 1. The lowest BCUT2D eigenvalue weighted by molar-refractivity contribution is -0.384. The summed E-state index contributed by atoms with van der Waals surface area (Å²) in [4.78, 5) is 34.3. The lowest BCUT2D eigenvalue weighted by atomic mass is 10.1. The predicted octanol–water partition coefficient (Wildman–Crippen LogP) is 4.29. The molecule has 0 spiro atoms. The van der Waals surface area contributed by atoms with E-state index in [-0.39, 0.29) is 29.7 Å². The van der Waals surface area contributed by atoms with Gasteiger partial charge in [0.15, 0.2) is 10.4 Å². The molecule has 9 nitrogen and oxygen atoms in total. The number of carbonyl (C=O) groups excluding carboxylic acids is 2. The second-order valence-electron chi connectivity index (χ2n) is 6.47. The summed E-state index contributed by atoms with van der Waals surface area (Å²) >= 11 is 3.15. The van der Waals surface area contributed by atoms with Crippen LogP contribution in [0.4, 0.5) is 11.4 Å². The Morgan fingerprint density at radius 3 is 2.32 bits per heavy atom. The lowest BCUT2D eigenvalue weighted by Gasteiger charge is -2.06. The van der Waals surface area contributed by atoms with Crippen LogP contribution in [0.5, 0.6) is 0 Å². The Morgan fingerprint density at radius 1 is 1.06 bits per heavy atom. The predicted molar refractivity (Wildman–Crippen MR) is 118 cm³/mol. The quantitative estimate of drug-likeness (QED) is 0.293. The zero-order valence-corrected chi connectivity index (χ0v) is 17.9. The van der Waals surface area contributed by atoms with Crippen LogP contribution in [-0.2, 0) is 11.2 Å². The summed E-state index contributed by atoms with van der Waals surface area (Å²) in [6, 6.07) is 15.9. The second-order valence-corrected chi connectivity index (χ2v) is 7.25. The number of benzene rings is 2. The first-order valence-corrected chi connectivity index (χ1v) is 9.84. The van der Waals surface area contributed by atoms with Gasteiger partial charge in [0.25, 0.3) is 11.6 Å². The zero-order chi connectivity index (χ0) is 22.4. The van der Waals surface area contributed by atoms with Gasteiger partial charge in [-0.1, -0.05) is 24.3 Å². The first-order valence-electron chi connectivity index (χ1n) is 9.05. The summed E-state index contributed by atoms with van der Waals surface area (Å²) in [5.74, 6) is -0.534. The van der Waals surface area contributed by atoms with Crippen LogP contribution < -0.4 is 10.7 Å². The Kier molecular flexibility index (Phi) is 6.93. The first-order chi connectivity index (χ1) is 14.8. The molecule has 1 heterocycles. The van der Waals surface area contributed by atoms with Gasteiger partial charge in [0, 0.05) is 17.8 Å². The van der Waals surface area contributed by atoms with Crippen LogP contribution in [-0.4, -0.2) is 22.4 Å². The molecule has 0 atom stereocenters. The molecule has 0 aliphatic heterocycles. The Balaban J connectivity index is 1.55. The summed E-state index contributed by atoms with van der Waals surface area (Å²) in [6.45, 7) is 1.74. The highest BCUT2D eigenvalue weighted by Crippen LogP contribution is 2.17. The van der Waals surface area contributed by atoms with Gasteiger partial charge in [-0.05, 0) is 58.2 Å². The molecule has 10 heteroatoms. The maximum atomic E-state index is 12.1. The van der Waals surface area contributed by atoms with E-state index in [1.165, 1.54) is 24.3 Å². The highest BCUT2D eigenvalue weighted by atomic mass is 79.9. The van der Waals surface area contributed by atoms with Crippen molar-refractivity contribution in [1.82, 2.24) is 5.43 Å². The standard InChI is InChI=1S/C21H17BrN4O5/c1-13(24-25-20(27)12-14-2-8-17(9-3-14)26(29)30)15-4-6-16(7-5-15)23-21(28)18-10-11-19(22)31-18/h2-11H,12H2,1H3,(H,23,28)(H,25,27). The number of nitrogens with zero attached hydrogens (tertiary/aromatic N) is 2. The summed E-state index contributed by atoms with van der Waals surface area (Å²) in [5.41, 5.74) is 4.98. The van der Waals surface area contributed by atoms with E-state index >= 15 is 0 Å². The molecule has 0 saturated heterocycles. The van der Waals surface area contributed by atoms with Gasteiger partial charge in [0.05, 0.1) is 17.1 Å². The highest BCUT2D eigenvalue weighted by Gasteiger charge is 2.11. The van der Waals surface area contributed by atoms with E-state index in [0.717, 1.165) is 5.56 Å². The maximum Gasteiger partial charge on any atom is 0.291 e. The van der Waals surface area contributed by atoms with Crippen molar-refractivity contribution in [3.63, 3.8) is 0 Å². The molecule has 0 fully saturated rings. The molecule has 31 heavy (non-hydrogen) atoms. The molecule has 2 amide bonds. The fourth-order valence-corrected chi connectivity index (χ4v) is 2.90. The monoisotopic (exact) mass is 484 g/mol. The van der Waals surface area contributed by atoms with Gasteiger partial charge < -0.3 is 9.73 Å². The highest BCUT2D eigenvalue weighted by molar-refractivity contribution is 9.10. The normalized spacial score (nSPS) is 11.1. The largest absolute Gasteiger partial charge is 0.444 e. The molecule has 0 unspecified atom stereocenters. The molecule has 2 N–H and O–H groups in total. The molecule has 158 valence electrons. The molecule has 0 bridgehead atoms. The van der Waals surface area contributed by atoms with Crippen LogP contribution in [0.25, 0.3) is 0 Å². The van der Waals surface area contributed by atoms with Gasteiger partial charge >= 0.3 is 0 Å². The number of rotatable bonds is 7. The molecule has 3 rings (SSSR count). The molecule has 0 radical (unpaired) electrons. The van der Waals surface area contributed by atoms with Gasteiger partial charge in [0.2, 0.25) is 5.91 Å². The van der Waals surface area contributed by atoms with Crippen LogP contribution in [0.2, 0.25) is 0 Å². The van der Waals surface area contributed by atoms with Crippen molar-refractivity contribution in [2.45, 2.75) is 13.3 Å². The summed E-state index contributed by atoms with van der Waals surface area (Å²) in [7, 11) is 0. The minimum Gasteiger partial charge on any atom is -0.444 e. The Bertz CT molecular complexity index is 1140. The van der Waals surface area contributed by atoms with Crippen molar-refractivity contribution in [1.29, 1.82) is 0 Å². The average molecular weight is 485 g/mol. The number of hydrogen-bond donors (Lipinski definition) is 2. The van der Waals surface area contributed by atoms with Crippen molar-refractivity contribution >= 4 is 44.8 Å². The summed E-state index contributed by atoms with van der Waals surface area (Å²) < 4.78 is 5.68. The van der Waals surface area contributed by atoms with Crippen molar-refractivity contribution < 1.29 is 18.9 Å². The van der Waals surface area contributed by atoms with E-state index in [9.17, 15) is 19.7 Å². The number of amides is 2. The molecule has 0 aliphatic carbocycles. The molecular formula is C21H17BrN4O5. The van der Waals surface area contributed by atoms with Gasteiger partial charge in [-0.2, -0.15) is 5.10 Å². The number of non-ortho nitro benzene ring substituents is 1. The SMILES string of the molecule is CC(=NNC(=O)Cc1ccc([N+](=O)[O-])cc1)c1ccc(NC(=O)c2ccc(Br)o2)cc1. The minimum absolute atomic E-state index is 0.0327. The first kappa shape index (κ1) is 21.9. The van der Waals surface area contributed by atoms with E-state index in [1.807, 2.05) is 0 Å². The second kappa shape index (κ2) is 9.81. The third kappa shape index (κ3) is 6.09. The maximum absolute atomic E-state index is 12.1. The van der Waals surface area contributed by atoms with E-state index in [0.29, 0.717) is 21.6 Å². The molecule has 3 aromatic rings. The van der Waals surface area contributed by atoms with Crippen molar-refractivity contribution in [2.24, 2.45) is 5.10 Å². The number of furan rings is 1. The number of anilines is 1. The smallest absolute Gasteiger partial charge is 0.291 e. The van der Waals surface area contributed by atoms with E-state index in [4.69, 9.17) is 4.42 Å². The molecule has 1 aromatic heterocycles. The molecule has 2 aromatic carbocycles. The topological polar surface area (TPSA) is 127 Å². The van der Waals surface area contributed by atoms with Crippen molar-refractivity contribution in [2.75, 3.05) is 5.32 Å². The van der Waals surface area contributed by atoms with Crippen molar-refractivity contribution in [3.8, 4) is 0 Å². The Morgan fingerprint density at radius 2 is 1.74 bits per heavy atom. The van der Waals surface area contributed by atoms with Gasteiger partial charge in [-0.15, -0.1) is 0 Å². The van der Waals surface area contributed by atoms with Crippen LogP contribution in [0, 0.1) is 10.1 Å². The Hall–Kier alpha value is -3.79. The summed E-state index contributed by atoms with van der Waals surface area (Å²) in [5, 5.41) is 17.5. The van der Waals surface area contributed by atoms with Crippen LogP contribution in [0.1, 0.15) is 28.6 Å². The third-order valence-electron chi connectivity index (χ3n) is 4.22. The fraction of sp³-hybridized carbons (Fsp3) is 0.0952. The summed E-state index contributed by atoms with van der Waals surface area (Å²) in [6.07, 6.45) is 0.0443. The van der Waals surface area contributed by atoms with Gasteiger partial charge in [0.1, 0.15) is 0 Å². The number of hydrogen-bond acceptors (Lipinski definition) is 6. The number of halogens is 1. The third-order valence-corrected chi connectivity index (χ3v) is 4.64. The minimum atomic E-state index is -0.496. The van der Waals surface area contributed by atoms with Gasteiger partial charge in [-0.25, -0.2) is 5.43 Å². The number of carbonyl (C=O) groups is 2. The molecule has 0 saturated carbocycles. The van der Waals surface area contributed by atoms with Crippen LogP contribution in [0.15, 0.2) is 74.9 Å². The number of nitro benzene ring substituents is 1. The number of hydrazone groups is 1. The van der Waals surface area contributed by atoms with E-state index in [2.05, 4.69) is 31.8 Å². The number of nitrogens with one attached hydrogen (secondary N) is 2. The lowest BCUT2D eigenvalue weighted by Crippen LogP contribution is -2.21. The molecule has 0 aliphatic rings. The Labute approximate surface area is 185 Å². The molecular weight excluding hydrogens is 468 g/mol. The van der Waals surface area contributed by atoms with Crippen LogP contribution in [0.3, 0.4) is 0 Å². The van der Waals surface area contributed by atoms with Gasteiger partial charge in [-0.3, -0.25) is 19.7 Å². The average Bonchev–Trinajstić information content (AvgIpc) is 3.19. The van der Waals surface area contributed by atoms with E-state index < -0.39 is 4.92 Å². The van der Waals surface area contributed by atoms with Crippen molar-refractivity contribution in [3.05, 3.63) is 92.3 Å². The zero-order valence-electron chi connectivity index (χ0n) is 16.3. The fourth-order valence-electron chi connectivity index (χ4n) is 2.59. The van der Waals surface area contributed by atoms with E-state index in [1.54, 1.807) is 43.3 Å². The van der Waals surface area contributed by atoms with Crippen LogP contribution >= 0.6 is 15.9 Å².